The molecule has 0 saturated carbocycles. The molecule has 2 saturated heterocycles. The summed E-state index contributed by atoms with van der Waals surface area (Å²) in [4.78, 5) is 50.3. The van der Waals surface area contributed by atoms with E-state index in [4.69, 9.17) is 15.6 Å². The van der Waals surface area contributed by atoms with Gasteiger partial charge in [0.15, 0.2) is 0 Å². The number of H-pyrrole nitrogens is 1. The van der Waals surface area contributed by atoms with Crippen LogP contribution < -0.4 is 17.0 Å². The lowest BCUT2D eigenvalue weighted by atomic mass is 9.75. The lowest BCUT2D eigenvalue weighted by molar-refractivity contribution is -0.198. The SMILES string of the molecule is C[C@]1(O)CC2(CCN(C(=O)[C@@H](N)CCC(=O)O)CC2)OC[C@@H]1n1ccc(=O)[nH]c1=O. The average molecular weight is 424 g/mol. The summed E-state index contributed by atoms with van der Waals surface area (Å²) in [5, 5.41) is 19.8. The van der Waals surface area contributed by atoms with Gasteiger partial charge in [-0.1, -0.05) is 0 Å². The van der Waals surface area contributed by atoms with Crippen molar-refractivity contribution in [1.82, 2.24) is 14.5 Å². The van der Waals surface area contributed by atoms with Crippen LogP contribution in [0.1, 0.15) is 45.1 Å². The number of carbonyl (C=O) groups is 2. The number of aromatic nitrogens is 2. The maximum absolute atomic E-state index is 12.5. The summed E-state index contributed by atoms with van der Waals surface area (Å²) in [5.74, 6) is -1.28. The first kappa shape index (κ1) is 22.2. The molecule has 5 N–H and O–H groups in total. The monoisotopic (exact) mass is 424 g/mol. The van der Waals surface area contributed by atoms with E-state index in [9.17, 15) is 24.3 Å². The number of nitrogens with two attached hydrogens (primary N) is 1. The predicted molar refractivity (Wildman–Crippen MR) is 105 cm³/mol. The first-order valence-electron chi connectivity index (χ1n) is 9.97. The molecule has 166 valence electrons. The molecule has 11 heteroatoms. The Balaban J connectivity index is 1.64. The number of carbonyl (C=O) groups excluding carboxylic acids is 1. The zero-order valence-electron chi connectivity index (χ0n) is 16.9. The molecule has 1 aromatic rings. The van der Waals surface area contributed by atoms with E-state index in [1.807, 2.05) is 0 Å². The van der Waals surface area contributed by atoms with Gasteiger partial charge in [0.25, 0.3) is 5.56 Å². The van der Waals surface area contributed by atoms with E-state index in [-0.39, 0.29) is 31.8 Å². The summed E-state index contributed by atoms with van der Waals surface area (Å²) in [6.07, 6.45) is 2.52. The van der Waals surface area contributed by atoms with E-state index in [1.54, 1.807) is 11.8 Å². The van der Waals surface area contributed by atoms with E-state index in [1.165, 1.54) is 16.8 Å². The van der Waals surface area contributed by atoms with Crippen LogP contribution in [0.2, 0.25) is 0 Å². The number of nitrogens with zero attached hydrogens (tertiary/aromatic N) is 2. The van der Waals surface area contributed by atoms with Gasteiger partial charge >= 0.3 is 11.7 Å². The van der Waals surface area contributed by atoms with Gasteiger partial charge in [0, 0.05) is 38.2 Å². The van der Waals surface area contributed by atoms with Crippen molar-refractivity contribution < 1.29 is 24.5 Å². The fraction of sp³-hybridized carbons (Fsp3) is 0.684. The van der Waals surface area contributed by atoms with Crippen molar-refractivity contribution in [2.45, 2.75) is 62.3 Å². The van der Waals surface area contributed by atoms with Gasteiger partial charge in [0.05, 0.1) is 29.9 Å². The Morgan fingerprint density at radius 2 is 2.03 bits per heavy atom. The van der Waals surface area contributed by atoms with E-state index < -0.39 is 40.5 Å². The third-order valence-electron chi connectivity index (χ3n) is 6.11. The number of aromatic amines is 1. The number of nitrogens with one attached hydrogen (secondary N) is 1. The molecule has 3 rings (SSSR count). The van der Waals surface area contributed by atoms with E-state index in [0.29, 0.717) is 25.9 Å². The summed E-state index contributed by atoms with van der Waals surface area (Å²) in [7, 11) is 0. The third-order valence-corrected chi connectivity index (χ3v) is 6.11. The van der Waals surface area contributed by atoms with E-state index in [2.05, 4.69) is 4.98 Å². The minimum Gasteiger partial charge on any atom is -0.481 e. The number of amides is 1. The van der Waals surface area contributed by atoms with Crippen LogP contribution >= 0.6 is 0 Å². The molecule has 0 bridgehead atoms. The molecule has 0 unspecified atom stereocenters. The summed E-state index contributed by atoms with van der Waals surface area (Å²) >= 11 is 0. The van der Waals surface area contributed by atoms with Gasteiger partial charge in [0.2, 0.25) is 5.91 Å². The Labute approximate surface area is 172 Å². The van der Waals surface area contributed by atoms with Crippen molar-refractivity contribution in [3.8, 4) is 0 Å². The second-order valence-electron chi connectivity index (χ2n) is 8.43. The Morgan fingerprint density at radius 3 is 2.60 bits per heavy atom. The number of aliphatic carboxylic acids is 1. The molecule has 0 aromatic carbocycles. The number of likely N-dealkylation sites (tertiary alicyclic amines) is 1. The molecule has 2 fully saturated rings. The highest BCUT2D eigenvalue weighted by atomic mass is 16.5. The highest BCUT2D eigenvalue weighted by molar-refractivity contribution is 5.82. The maximum atomic E-state index is 12.5. The van der Waals surface area contributed by atoms with E-state index >= 15 is 0 Å². The lowest BCUT2D eigenvalue weighted by Gasteiger charge is -2.51. The Kier molecular flexibility index (Phi) is 6.16. The first-order valence-corrected chi connectivity index (χ1v) is 9.97. The molecule has 2 aliphatic heterocycles. The quantitative estimate of drug-likeness (QED) is 0.457. The zero-order valence-corrected chi connectivity index (χ0v) is 16.9. The Hall–Kier alpha value is -2.50. The molecule has 1 spiro atoms. The van der Waals surface area contributed by atoms with Crippen LogP contribution in [0.15, 0.2) is 21.9 Å². The minimum absolute atomic E-state index is 0.0800. The fourth-order valence-electron chi connectivity index (χ4n) is 4.40. The van der Waals surface area contributed by atoms with Gasteiger partial charge in [-0.15, -0.1) is 0 Å². The van der Waals surface area contributed by atoms with Gasteiger partial charge in [0.1, 0.15) is 0 Å². The third kappa shape index (κ3) is 4.63. The van der Waals surface area contributed by atoms with Gasteiger partial charge in [-0.2, -0.15) is 0 Å². The second kappa shape index (κ2) is 8.32. The summed E-state index contributed by atoms with van der Waals surface area (Å²) in [5.41, 5.74) is 2.82. The standard InChI is InChI=1S/C19H28N4O7/c1-18(29)11-19(30-10-13(18)23-7-4-14(24)21-17(23)28)5-8-22(9-6-19)16(27)12(20)2-3-15(25)26/h4,7,12-13,29H,2-3,5-6,8-11,20H2,1H3,(H,25,26)(H,21,24,28)/t12-,13-,18-/m0/s1. The number of carboxylic acid groups (broad SMARTS) is 1. The average Bonchev–Trinajstić information content (AvgIpc) is 2.66. The largest absolute Gasteiger partial charge is 0.481 e. The van der Waals surface area contributed by atoms with Crippen molar-refractivity contribution >= 4 is 11.9 Å². The van der Waals surface area contributed by atoms with E-state index in [0.717, 1.165) is 0 Å². The van der Waals surface area contributed by atoms with Crippen LogP contribution in [0.5, 0.6) is 0 Å². The molecule has 0 aliphatic carbocycles. The number of ether oxygens (including phenoxy) is 1. The maximum Gasteiger partial charge on any atom is 0.328 e. The summed E-state index contributed by atoms with van der Waals surface area (Å²) in [6.45, 7) is 2.50. The number of rotatable bonds is 5. The van der Waals surface area contributed by atoms with Crippen LogP contribution in [-0.4, -0.2) is 73.5 Å². The van der Waals surface area contributed by atoms with Crippen molar-refractivity contribution in [2.24, 2.45) is 5.73 Å². The molecular formula is C19H28N4O7. The van der Waals surface area contributed by atoms with Gasteiger partial charge in [-0.25, -0.2) is 4.79 Å². The number of aliphatic hydroxyl groups is 1. The molecule has 30 heavy (non-hydrogen) atoms. The van der Waals surface area contributed by atoms with Gasteiger partial charge in [-0.05, 0) is 26.2 Å². The van der Waals surface area contributed by atoms with Gasteiger partial charge in [-0.3, -0.25) is 23.9 Å². The minimum atomic E-state index is -1.26. The zero-order chi connectivity index (χ0) is 22.1. The summed E-state index contributed by atoms with van der Waals surface area (Å²) in [6, 6.07) is -0.293. The summed E-state index contributed by atoms with van der Waals surface area (Å²) < 4.78 is 7.38. The molecular weight excluding hydrogens is 396 g/mol. The highest BCUT2D eigenvalue weighted by Gasteiger charge is 2.50. The van der Waals surface area contributed by atoms with Crippen molar-refractivity contribution in [1.29, 1.82) is 0 Å². The van der Waals surface area contributed by atoms with Crippen LogP contribution in [-0.2, 0) is 14.3 Å². The number of piperidine rings is 1. The van der Waals surface area contributed by atoms with Crippen LogP contribution in [0.4, 0.5) is 0 Å². The topological polar surface area (TPSA) is 168 Å². The smallest absolute Gasteiger partial charge is 0.328 e. The van der Waals surface area contributed by atoms with Crippen LogP contribution in [0.25, 0.3) is 0 Å². The van der Waals surface area contributed by atoms with Crippen LogP contribution in [0, 0.1) is 0 Å². The lowest BCUT2D eigenvalue weighted by Crippen LogP contribution is -2.60. The Bertz CT molecular complexity index is 914. The number of hydrogen-bond acceptors (Lipinski definition) is 7. The molecule has 3 heterocycles. The van der Waals surface area contributed by atoms with Crippen molar-refractivity contribution in [3.63, 3.8) is 0 Å². The fourth-order valence-corrected chi connectivity index (χ4v) is 4.40. The first-order chi connectivity index (χ1) is 14.0. The second-order valence-corrected chi connectivity index (χ2v) is 8.43. The predicted octanol–water partition coefficient (Wildman–Crippen LogP) is -1.20. The van der Waals surface area contributed by atoms with Crippen molar-refractivity contribution in [2.75, 3.05) is 19.7 Å². The van der Waals surface area contributed by atoms with Crippen molar-refractivity contribution in [3.05, 3.63) is 33.1 Å². The molecule has 1 aromatic heterocycles. The molecule has 3 atom stereocenters. The van der Waals surface area contributed by atoms with Gasteiger partial charge < -0.3 is 25.6 Å². The Morgan fingerprint density at radius 1 is 1.37 bits per heavy atom. The normalized spacial score (nSPS) is 27.0. The molecule has 1 amide bonds. The highest BCUT2D eigenvalue weighted by Crippen LogP contribution is 2.43. The van der Waals surface area contributed by atoms with Crippen LogP contribution in [0.3, 0.4) is 0 Å². The number of hydrogen-bond donors (Lipinski definition) is 4. The molecule has 11 nitrogen and oxygen atoms in total. The molecule has 2 aliphatic rings. The number of carboxylic acids is 1. The molecule has 0 radical (unpaired) electrons.